The molecule has 7 heteroatoms. The van der Waals surface area contributed by atoms with Gasteiger partial charge in [0.25, 0.3) is 0 Å². The van der Waals surface area contributed by atoms with Crippen molar-refractivity contribution in [2.24, 2.45) is 0 Å². The number of nitrogens with zero attached hydrogens (tertiary/aromatic N) is 1. The second-order valence-electron chi connectivity index (χ2n) is 4.77. The van der Waals surface area contributed by atoms with Crippen LogP contribution in [0.25, 0.3) is 0 Å². The average Bonchev–Trinajstić information content (AvgIpc) is 2.44. The summed E-state index contributed by atoms with van der Waals surface area (Å²) in [7, 11) is 0. The Morgan fingerprint density at radius 1 is 1.38 bits per heavy atom. The van der Waals surface area contributed by atoms with Gasteiger partial charge in [0, 0.05) is 9.92 Å². The lowest BCUT2D eigenvalue weighted by Gasteiger charge is -2.33. The van der Waals surface area contributed by atoms with Gasteiger partial charge in [-0.15, -0.1) is 11.8 Å². The zero-order valence-corrected chi connectivity index (χ0v) is 13.2. The number of hydrogen-bond donors (Lipinski definition) is 1. The van der Waals surface area contributed by atoms with Crippen molar-refractivity contribution < 1.29 is 14.4 Å². The second kappa shape index (κ2) is 6.49. The maximum absolute atomic E-state index is 12.4. The highest BCUT2D eigenvalue weighted by Gasteiger charge is 2.35. The fourth-order valence-corrected chi connectivity index (χ4v) is 3.05. The molecule has 0 spiro atoms. The van der Waals surface area contributed by atoms with E-state index in [1.807, 2.05) is 12.1 Å². The first-order chi connectivity index (χ1) is 9.88. The summed E-state index contributed by atoms with van der Waals surface area (Å²) in [6, 6.07) is 6.52. The molecular formula is C14H15ClN2O3S. The van der Waals surface area contributed by atoms with Crippen LogP contribution in [0.1, 0.15) is 13.8 Å². The molecule has 2 rings (SSSR count). The van der Waals surface area contributed by atoms with Gasteiger partial charge in [0.15, 0.2) is 0 Å². The molecule has 1 aliphatic heterocycles. The Hall–Kier alpha value is -1.53. The molecule has 3 amide bonds. The minimum atomic E-state index is -0.636. The topological polar surface area (TPSA) is 66.5 Å². The Morgan fingerprint density at radius 3 is 2.62 bits per heavy atom. The molecule has 0 aromatic heterocycles. The lowest BCUT2D eigenvalue weighted by molar-refractivity contribution is -0.148. The summed E-state index contributed by atoms with van der Waals surface area (Å²) in [5, 5.41) is 2.45. The number of halogens is 1. The van der Waals surface area contributed by atoms with Crippen LogP contribution in [0.5, 0.6) is 0 Å². The number of imide groups is 1. The van der Waals surface area contributed by atoms with E-state index >= 15 is 0 Å². The van der Waals surface area contributed by atoms with Gasteiger partial charge < -0.3 is 4.90 Å². The van der Waals surface area contributed by atoms with Crippen LogP contribution in [-0.2, 0) is 14.4 Å². The van der Waals surface area contributed by atoms with E-state index in [0.29, 0.717) is 5.02 Å². The summed E-state index contributed by atoms with van der Waals surface area (Å²) < 4.78 is 0. The molecule has 1 saturated heterocycles. The van der Waals surface area contributed by atoms with Gasteiger partial charge in [-0.2, -0.15) is 0 Å². The summed E-state index contributed by atoms with van der Waals surface area (Å²) >= 11 is 7.18. The Kier molecular flexibility index (Phi) is 4.90. The SMILES string of the molecule is CC(Sc1ccc(Cl)cc1)C(=O)N1CC(=O)NC(=O)C1C. The van der Waals surface area contributed by atoms with Crippen LogP contribution in [-0.4, -0.2) is 40.5 Å². The van der Waals surface area contributed by atoms with E-state index in [9.17, 15) is 14.4 Å². The van der Waals surface area contributed by atoms with Gasteiger partial charge in [0.1, 0.15) is 12.6 Å². The van der Waals surface area contributed by atoms with Crippen molar-refractivity contribution in [2.75, 3.05) is 6.54 Å². The normalized spacial score (nSPS) is 20.1. The van der Waals surface area contributed by atoms with Crippen LogP contribution in [0.3, 0.4) is 0 Å². The monoisotopic (exact) mass is 326 g/mol. The highest BCUT2D eigenvalue weighted by molar-refractivity contribution is 8.00. The van der Waals surface area contributed by atoms with Crippen LogP contribution in [0.15, 0.2) is 29.2 Å². The molecule has 1 heterocycles. The number of piperazine rings is 1. The fraction of sp³-hybridized carbons (Fsp3) is 0.357. The van der Waals surface area contributed by atoms with Crippen LogP contribution in [0.2, 0.25) is 5.02 Å². The first-order valence-electron chi connectivity index (χ1n) is 6.45. The molecule has 0 bridgehead atoms. The summed E-state index contributed by atoms with van der Waals surface area (Å²) in [4.78, 5) is 37.6. The molecule has 1 fully saturated rings. The number of hydrogen-bond acceptors (Lipinski definition) is 4. The molecule has 1 aromatic rings. The summed E-state index contributed by atoms with van der Waals surface area (Å²) in [6.07, 6.45) is 0. The molecule has 2 atom stereocenters. The molecule has 0 saturated carbocycles. The maximum Gasteiger partial charge on any atom is 0.249 e. The maximum atomic E-state index is 12.4. The first-order valence-corrected chi connectivity index (χ1v) is 7.70. The minimum absolute atomic E-state index is 0.0861. The standard InChI is InChI=1S/C14H15ClN2O3S/c1-8-13(19)16-12(18)7-17(8)14(20)9(2)21-11-5-3-10(15)4-6-11/h3-6,8-9H,7H2,1-2H3,(H,16,18,19). The summed E-state index contributed by atoms with van der Waals surface area (Å²) in [5.41, 5.74) is 0. The number of carbonyl (C=O) groups is 3. The van der Waals surface area contributed by atoms with Crippen LogP contribution < -0.4 is 5.32 Å². The lowest BCUT2D eigenvalue weighted by Crippen LogP contribution is -2.59. The number of carbonyl (C=O) groups excluding carboxylic acids is 3. The van der Waals surface area contributed by atoms with E-state index in [0.717, 1.165) is 4.90 Å². The van der Waals surface area contributed by atoms with Gasteiger partial charge in [0.05, 0.1) is 5.25 Å². The molecule has 5 nitrogen and oxygen atoms in total. The lowest BCUT2D eigenvalue weighted by atomic mass is 10.2. The van der Waals surface area contributed by atoms with Gasteiger partial charge in [0.2, 0.25) is 17.7 Å². The quantitative estimate of drug-likeness (QED) is 0.678. The van der Waals surface area contributed by atoms with Crippen molar-refractivity contribution in [1.82, 2.24) is 10.2 Å². The van der Waals surface area contributed by atoms with Gasteiger partial charge in [-0.3, -0.25) is 19.7 Å². The number of nitrogens with one attached hydrogen (secondary N) is 1. The van der Waals surface area contributed by atoms with E-state index < -0.39 is 23.1 Å². The van der Waals surface area contributed by atoms with E-state index in [2.05, 4.69) is 5.32 Å². The first kappa shape index (κ1) is 15.9. The molecule has 0 radical (unpaired) electrons. The zero-order chi connectivity index (χ0) is 15.6. The number of amides is 3. The molecule has 21 heavy (non-hydrogen) atoms. The van der Waals surface area contributed by atoms with Crippen molar-refractivity contribution in [2.45, 2.75) is 30.0 Å². The summed E-state index contributed by atoms with van der Waals surface area (Å²) in [5.74, 6) is -1.12. The number of benzene rings is 1. The smallest absolute Gasteiger partial charge is 0.249 e. The van der Waals surface area contributed by atoms with Crippen LogP contribution >= 0.6 is 23.4 Å². The molecule has 1 aromatic carbocycles. The molecule has 2 unspecified atom stereocenters. The Morgan fingerprint density at radius 2 is 2.00 bits per heavy atom. The Balaban J connectivity index is 2.06. The van der Waals surface area contributed by atoms with E-state index in [-0.39, 0.29) is 12.5 Å². The van der Waals surface area contributed by atoms with Gasteiger partial charge in [-0.1, -0.05) is 11.6 Å². The van der Waals surface area contributed by atoms with Crippen molar-refractivity contribution >= 4 is 41.1 Å². The molecular weight excluding hydrogens is 312 g/mol. The van der Waals surface area contributed by atoms with E-state index in [4.69, 9.17) is 11.6 Å². The average molecular weight is 327 g/mol. The molecule has 112 valence electrons. The van der Waals surface area contributed by atoms with Crippen molar-refractivity contribution in [1.29, 1.82) is 0 Å². The van der Waals surface area contributed by atoms with Crippen LogP contribution in [0.4, 0.5) is 0 Å². The number of thioether (sulfide) groups is 1. The largest absolute Gasteiger partial charge is 0.321 e. The van der Waals surface area contributed by atoms with Crippen molar-refractivity contribution in [3.8, 4) is 0 Å². The molecule has 0 aliphatic carbocycles. The highest BCUT2D eigenvalue weighted by Crippen LogP contribution is 2.26. The molecule has 1 N–H and O–H groups in total. The fourth-order valence-electron chi connectivity index (χ4n) is 1.98. The van der Waals surface area contributed by atoms with Gasteiger partial charge in [-0.05, 0) is 38.1 Å². The van der Waals surface area contributed by atoms with E-state index in [1.54, 1.807) is 26.0 Å². The van der Waals surface area contributed by atoms with Crippen molar-refractivity contribution in [3.05, 3.63) is 29.3 Å². The molecule has 1 aliphatic rings. The Bertz CT molecular complexity index is 576. The zero-order valence-electron chi connectivity index (χ0n) is 11.6. The predicted octanol–water partition coefficient (Wildman–Crippen LogP) is 1.69. The highest BCUT2D eigenvalue weighted by atomic mass is 35.5. The summed E-state index contributed by atoms with van der Waals surface area (Å²) in [6.45, 7) is 3.28. The third-order valence-corrected chi connectivity index (χ3v) is 4.53. The Labute approximate surface area is 132 Å². The third-order valence-electron chi connectivity index (χ3n) is 3.18. The third kappa shape index (κ3) is 3.77. The van der Waals surface area contributed by atoms with Crippen molar-refractivity contribution in [3.63, 3.8) is 0 Å². The van der Waals surface area contributed by atoms with Gasteiger partial charge in [-0.25, -0.2) is 0 Å². The predicted molar refractivity (Wildman–Crippen MR) is 81.1 cm³/mol. The number of rotatable bonds is 3. The van der Waals surface area contributed by atoms with Gasteiger partial charge >= 0.3 is 0 Å². The van der Waals surface area contributed by atoms with Crippen LogP contribution in [0, 0.1) is 0 Å². The second-order valence-corrected chi connectivity index (χ2v) is 6.62. The minimum Gasteiger partial charge on any atom is -0.321 e. The van der Waals surface area contributed by atoms with E-state index in [1.165, 1.54) is 16.7 Å².